The number of halogens is 4. The van der Waals surface area contributed by atoms with Crippen LogP contribution in [0.25, 0.3) is 0 Å². The highest BCUT2D eigenvalue weighted by Gasteiger charge is 2.38. The van der Waals surface area contributed by atoms with Crippen LogP contribution in [0.4, 0.5) is 23.7 Å². The molecule has 0 radical (unpaired) electrons. The van der Waals surface area contributed by atoms with E-state index in [2.05, 4.69) is 15.7 Å². The first-order valence-electron chi connectivity index (χ1n) is 8.28. The van der Waals surface area contributed by atoms with Crippen molar-refractivity contribution in [3.8, 4) is 0 Å². The Balaban J connectivity index is 1.77. The first-order chi connectivity index (χ1) is 12.3. The lowest BCUT2D eigenvalue weighted by molar-refractivity contribution is -0.143. The van der Waals surface area contributed by atoms with Crippen LogP contribution >= 0.6 is 11.6 Å². The number of carbonyl (C=O) groups is 1. The molecule has 0 aliphatic heterocycles. The number of hydrogen-bond donors (Lipinski definition) is 2. The van der Waals surface area contributed by atoms with E-state index >= 15 is 0 Å². The van der Waals surface area contributed by atoms with Crippen LogP contribution in [0.2, 0.25) is 5.02 Å². The zero-order valence-corrected chi connectivity index (χ0v) is 14.8. The SMILES string of the molecule is CCn1ncc(NC(=O)N[C@@H]2CCCc3ccc(Cl)cc32)c1C(F)(F)F. The van der Waals surface area contributed by atoms with Crippen molar-refractivity contribution in [3.05, 3.63) is 46.2 Å². The first-order valence-corrected chi connectivity index (χ1v) is 8.66. The molecule has 2 N–H and O–H groups in total. The van der Waals surface area contributed by atoms with Gasteiger partial charge in [0, 0.05) is 11.6 Å². The number of benzene rings is 1. The number of alkyl halides is 3. The highest BCUT2D eigenvalue weighted by Crippen LogP contribution is 2.35. The Bertz CT molecular complexity index is 819. The van der Waals surface area contributed by atoms with E-state index in [1.54, 1.807) is 19.1 Å². The number of aromatic nitrogens is 2. The first kappa shape index (κ1) is 18.6. The summed E-state index contributed by atoms with van der Waals surface area (Å²) < 4.78 is 40.5. The minimum atomic E-state index is -4.61. The van der Waals surface area contributed by atoms with Crippen molar-refractivity contribution in [2.24, 2.45) is 0 Å². The van der Waals surface area contributed by atoms with Gasteiger partial charge in [-0.1, -0.05) is 17.7 Å². The van der Waals surface area contributed by atoms with Gasteiger partial charge in [-0.15, -0.1) is 0 Å². The molecule has 0 fully saturated rings. The molecule has 140 valence electrons. The van der Waals surface area contributed by atoms with E-state index < -0.39 is 17.9 Å². The van der Waals surface area contributed by atoms with E-state index in [0.717, 1.165) is 34.8 Å². The van der Waals surface area contributed by atoms with Crippen LogP contribution in [-0.2, 0) is 19.1 Å². The summed E-state index contributed by atoms with van der Waals surface area (Å²) in [5, 5.41) is 9.26. The Labute approximate surface area is 153 Å². The number of urea groups is 1. The fraction of sp³-hybridized carbons (Fsp3) is 0.412. The molecule has 0 spiro atoms. The molecule has 1 aromatic carbocycles. The minimum absolute atomic E-state index is 0.0483. The fourth-order valence-electron chi connectivity index (χ4n) is 3.25. The van der Waals surface area contributed by atoms with Crippen molar-refractivity contribution in [2.45, 2.75) is 44.9 Å². The topological polar surface area (TPSA) is 59.0 Å². The van der Waals surface area contributed by atoms with Crippen molar-refractivity contribution >= 4 is 23.3 Å². The third kappa shape index (κ3) is 3.80. The molecule has 2 aromatic rings. The number of aryl methyl sites for hydroxylation is 2. The molecular formula is C17H18ClF3N4O. The lowest BCUT2D eigenvalue weighted by Gasteiger charge is -2.26. The van der Waals surface area contributed by atoms with Crippen molar-refractivity contribution in [2.75, 3.05) is 5.32 Å². The maximum Gasteiger partial charge on any atom is 0.435 e. The molecule has 1 atom stereocenters. The summed E-state index contributed by atoms with van der Waals surface area (Å²) in [5.41, 5.74) is 0.654. The Kier molecular flexibility index (Phi) is 5.13. The van der Waals surface area contributed by atoms with E-state index in [-0.39, 0.29) is 18.3 Å². The molecule has 0 unspecified atom stereocenters. The quantitative estimate of drug-likeness (QED) is 0.798. The van der Waals surface area contributed by atoms with Crippen LogP contribution in [0.15, 0.2) is 24.4 Å². The van der Waals surface area contributed by atoms with Crippen molar-refractivity contribution in [1.29, 1.82) is 0 Å². The number of hydrogen-bond acceptors (Lipinski definition) is 2. The number of rotatable bonds is 3. The molecular weight excluding hydrogens is 369 g/mol. The molecule has 1 aliphatic carbocycles. The molecule has 0 saturated carbocycles. The normalized spacial score (nSPS) is 16.9. The fourth-order valence-corrected chi connectivity index (χ4v) is 3.43. The van der Waals surface area contributed by atoms with Gasteiger partial charge >= 0.3 is 12.2 Å². The van der Waals surface area contributed by atoms with Gasteiger partial charge < -0.3 is 10.6 Å². The van der Waals surface area contributed by atoms with Gasteiger partial charge in [-0.2, -0.15) is 18.3 Å². The molecule has 5 nitrogen and oxygen atoms in total. The lowest BCUT2D eigenvalue weighted by Crippen LogP contribution is -2.34. The summed E-state index contributed by atoms with van der Waals surface area (Å²) in [6.45, 7) is 1.60. The number of carbonyl (C=O) groups excluding carboxylic acids is 1. The van der Waals surface area contributed by atoms with Crippen LogP contribution in [0.1, 0.15) is 42.6 Å². The number of amides is 2. The van der Waals surface area contributed by atoms with E-state index in [1.165, 1.54) is 0 Å². The van der Waals surface area contributed by atoms with Crippen LogP contribution in [0.5, 0.6) is 0 Å². The van der Waals surface area contributed by atoms with E-state index in [0.29, 0.717) is 11.4 Å². The van der Waals surface area contributed by atoms with Gasteiger partial charge in [0.25, 0.3) is 0 Å². The summed E-state index contributed by atoms with van der Waals surface area (Å²) in [6.07, 6.45) is -1.15. The summed E-state index contributed by atoms with van der Waals surface area (Å²) >= 11 is 6.03. The summed E-state index contributed by atoms with van der Waals surface area (Å²) in [6, 6.07) is 4.49. The summed E-state index contributed by atoms with van der Waals surface area (Å²) in [7, 11) is 0. The van der Waals surface area contributed by atoms with Crippen LogP contribution in [-0.4, -0.2) is 15.8 Å². The molecule has 0 saturated heterocycles. The second kappa shape index (κ2) is 7.19. The van der Waals surface area contributed by atoms with Gasteiger partial charge in [0.2, 0.25) is 0 Å². The molecule has 1 aliphatic rings. The van der Waals surface area contributed by atoms with Gasteiger partial charge in [0.1, 0.15) is 0 Å². The molecule has 2 amide bonds. The molecule has 1 heterocycles. The zero-order chi connectivity index (χ0) is 18.9. The maximum atomic E-state index is 13.2. The molecule has 26 heavy (non-hydrogen) atoms. The van der Waals surface area contributed by atoms with Gasteiger partial charge in [0.05, 0.1) is 17.9 Å². The largest absolute Gasteiger partial charge is 0.435 e. The number of fused-ring (bicyclic) bond motifs is 1. The minimum Gasteiger partial charge on any atom is -0.331 e. The number of nitrogens with one attached hydrogen (secondary N) is 2. The van der Waals surface area contributed by atoms with Gasteiger partial charge in [-0.25, -0.2) is 4.79 Å². The van der Waals surface area contributed by atoms with Crippen molar-refractivity contribution < 1.29 is 18.0 Å². The Hall–Kier alpha value is -2.22. The third-order valence-corrected chi connectivity index (χ3v) is 4.62. The Morgan fingerprint density at radius 2 is 2.19 bits per heavy atom. The standard InChI is InChI=1S/C17H18ClF3N4O/c1-2-25-15(17(19,20)21)14(9-22-25)24-16(26)23-13-5-3-4-10-6-7-11(18)8-12(10)13/h6-9,13H,2-5H2,1H3,(H2,23,24,26)/t13-/m1/s1. The summed E-state index contributed by atoms with van der Waals surface area (Å²) in [5.74, 6) is 0. The third-order valence-electron chi connectivity index (χ3n) is 4.38. The van der Waals surface area contributed by atoms with E-state index in [1.807, 2.05) is 6.07 Å². The van der Waals surface area contributed by atoms with Crippen molar-refractivity contribution in [1.82, 2.24) is 15.1 Å². The predicted molar refractivity (Wildman–Crippen MR) is 92.2 cm³/mol. The number of anilines is 1. The van der Waals surface area contributed by atoms with Gasteiger partial charge in [0.15, 0.2) is 5.69 Å². The monoisotopic (exact) mass is 386 g/mol. The second-order valence-corrected chi connectivity index (χ2v) is 6.54. The number of nitrogens with zero attached hydrogens (tertiary/aromatic N) is 2. The smallest absolute Gasteiger partial charge is 0.331 e. The highest BCUT2D eigenvalue weighted by molar-refractivity contribution is 6.30. The van der Waals surface area contributed by atoms with E-state index in [9.17, 15) is 18.0 Å². The lowest BCUT2D eigenvalue weighted by atomic mass is 9.88. The van der Waals surface area contributed by atoms with Crippen molar-refractivity contribution in [3.63, 3.8) is 0 Å². The highest BCUT2D eigenvalue weighted by atomic mass is 35.5. The Morgan fingerprint density at radius 1 is 1.42 bits per heavy atom. The molecule has 3 rings (SSSR count). The zero-order valence-electron chi connectivity index (χ0n) is 14.0. The second-order valence-electron chi connectivity index (χ2n) is 6.11. The van der Waals surface area contributed by atoms with E-state index in [4.69, 9.17) is 11.6 Å². The van der Waals surface area contributed by atoms with Gasteiger partial charge in [-0.05, 0) is 49.4 Å². The average Bonchev–Trinajstić information content (AvgIpc) is 2.98. The predicted octanol–water partition coefficient (Wildman–Crippen LogP) is 4.77. The maximum absolute atomic E-state index is 13.2. The van der Waals surface area contributed by atoms with Crippen LogP contribution < -0.4 is 10.6 Å². The molecule has 1 aromatic heterocycles. The van der Waals surface area contributed by atoms with Gasteiger partial charge in [-0.3, -0.25) is 4.68 Å². The molecule has 0 bridgehead atoms. The van der Waals surface area contributed by atoms with Crippen LogP contribution in [0, 0.1) is 0 Å². The Morgan fingerprint density at radius 3 is 2.88 bits per heavy atom. The average molecular weight is 387 g/mol. The summed E-state index contributed by atoms with van der Waals surface area (Å²) in [4.78, 5) is 12.3. The van der Waals surface area contributed by atoms with Crippen LogP contribution in [0.3, 0.4) is 0 Å². The molecule has 9 heteroatoms.